The molecule has 6 nitrogen and oxygen atoms in total. The molecule has 6 heteroatoms. The van der Waals surface area contributed by atoms with Gasteiger partial charge in [0.1, 0.15) is 0 Å². The fourth-order valence-corrected chi connectivity index (χ4v) is 2.57. The Labute approximate surface area is 127 Å². The van der Waals surface area contributed by atoms with Crippen LogP contribution in [0.5, 0.6) is 0 Å². The topological polar surface area (TPSA) is 79.2 Å². The maximum Gasteiger partial charge on any atom is 0.337 e. The summed E-state index contributed by atoms with van der Waals surface area (Å²) in [6, 6.07) is 0. The first-order chi connectivity index (χ1) is 9.69. The van der Waals surface area contributed by atoms with E-state index in [1.165, 1.54) is 0 Å². The Morgan fingerprint density at radius 3 is 2.19 bits per heavy atom. The van der Waals surface area contributed by atoms with Gasteiger partial charge in [-0.15, -0.1) is 0 Å². The van der Waals surface area contributed by atoms with Crippen molar-refractivity contribution < 1.29 is 24.5 Å². The highest BCUT2D eigenvalue weighted by Crippen LogP contribution is 2.26. The molecule has 1 aliphatic rings. The van der Waals surface area contributed by atoms with Gasteiger partial charge in [-0.25, -0.2) is 4.79 Å². The molecule has 1 fully saturated rings. The van der Waals surface area contributed by atoms with E-state index in [4.69, 9.17) is 9.47 Å². The van der Waals surface area contributed by atoms with Crippen LogP contribution in [0.15, 0.2) is 0 Å². The third-order valence-corrected chi connectivity index (χ3v) is 3.27. The van der Waals surface area contributed by atoms with Crippen molar-refractivity contribution in [2.75, 3.05) is 19.6 Å². The highest BCUT2D eigenvalue weighted by molar-refractivity contribution is 5.76. The first-order valence-corrected chi connectivity index (χ1v) is 7.69. The van der Waals surface area contributed by atoms with Gasteiger partial charge >= 0.3 is 5.97 Å². The second-order valence-electron chi connectivity index (χ2n) is 6.38. The summed E-state index contributed by atoms with van der Waals surface area (Å²) in [5.41, 5.74) is 0. The summed E-state index contributed by atoms with van der Waals surface area (Å²) in [5.74, 6) is -1.10. The summed E-state index contributed by atoms with van der Waals surface area (Å²) >= 11 is 0. The van der Waals surface area contributed by atoms with Crippen LogP contribution in [-0.2, 0) is 14.3 Å². The summed E-state index contributed by atoms with van der Waals surface area (Å²) in [7, 11) is 0. The summed E-state index contributed by atoms with van der Waals surface area (Å²) in [5, 5.41) is 18.9. The van der Waals surface area contributed by atoms with Crippen LogP contribution in [0.25, 0.3) is 0 Å². The standard InChI is InChI=1S/C15H29NO5/c1-11(17)9-16(10-12(2)18)8-6-5-7-13-14(19)21-15(3,4)20-13/h11-13,17-18H,5-10H2,1-4H3/t11-,12-,13?/m1/s1. The molecule has 0 spiro atoms. The van der Waals surface area contributed by atoms with Crippen molar-refractivity contribution in [2.24, 2.45) is 0 Å². The van der Waals surface area contributed by atoms with Gasteiger partial charge in [-0.3, -0.25) is 4.90 Å². The second-order valence-corrected chi connectivity index (χ2v) is 6.38. The number of unbranched alkanes of at least 4 members (excludes halogenated alkanes) is 1. The molecule has 2 N–H and O–H groups in total. The highest BCUT2D eigenvalue weighted by Gasteiger charge is 2.40. The van der Waals surface area contributed by atoms with Gasteiger partial charge in [0.25, 0.3) is 0 Å². The fourth-order valence-electron chi connectivity index (χ4n) is 2.57. The predicted molar refractivity (Wildman–Crippen MR) is 78.7 cm³/mol. The van der Waals surface area contributed by atoms with Crippen LogP contribution in [0, 0.1) is 0 Å². The average Bonchev–Trinajstić information content (AvgIpc) is 2.56. The number of nitrogens with zero attached hydrogens (tertiary/aromatic N) is 1. The van der Waals surface area contributed by atoms with E-state index in [-0.39, 0.29) is 5.97 Å². The highest BCUT2D eigenvalue weighted by atomic mass is 16.8. The van der Waals surface area contributed by atoms with E-state index in [2.05, 4.69) is 0 Å². The SMILES string of the molecule is C[C@@H](O)CN(CCCCC1OC(C)(C)OC1=O)C[C@@H](C)O. The van der Waals surface area contributed by atoms with E-state index >= 15 is 0 Å². The van der Waals surface area contributed by atoms with Crippen LogP contribution in [0.2, 0.25) is 0 Å². The van der Waals surface area contributed by atoms with Crippen molar-refractivity contribution in [3.63, 3.8) is 0 Å². The molecule has 21 heavy (non-hydrogen) atoms. The monoisotopic (exact) mass is 303 g/mol. The molecule has 0 aromatic rings. The number of hydrogen-bond acceptors (Lipinski definition) is 6. The van der Waals surface area contributed by atoms with E-state index in [9.17, 15) is 15.0 Å². The molecule has 0 aromatic carbocycles. The van der Waals surface area contributed by atoms with Gasteiger partial charge in [0.2, 0.25) is 5.79 Å². The average molecular weight is 303 g/mol. The van der Waals surface area contributed by atoms with Crippen LogP contribution in [0.3, 0.4) is 0 Å². The zero-order chi connectivity index (χ0) is 16.0. The number of ether oxygens (including phenoxy) is 2. The molecule has 1 aliphatic heterocycles. The number of hydrogen-bond donors (Lipinski definition) is 2. The zero-order valence-electron chi connectivity index (χ0n) is 13.5. The summed E-state index contributed by atoms with van der Waals surface area (Å²) in [4.78, 5) is 13.6. The van der Waals surface area contributed by atoms with Crippen LogP contribution in [0.1, 0.15) is 47.0 Å². The molecule has 0 amide bonds. The Kier molecular flexibility index (Phi) is 7.06. The maximum absolute atomic E-state index is 11.6. The Morgan fingerprint density at radius 1 is 1.19 bits per heavy atom. The molecule has 124 valence electrons. The van der Waals surface area contributed by atoms with Crippen LogP contribution < -0.4 is 0 Å². The molecule has 0 aliphatic carbocycles. The van der Waals surface area contributed by atoms with E-state index in [1.807, 2.05) is 4.90 Å². The summed E-state index contributed by atoms with van der Waals surface area (Å²) in [6.45, 7) is 8.80. The lowest BCUT2D eigenvalue weighted by Crippen LogP contribution is -2.37. The number of carbonyl (C=O) groups is 1. The first-order valence-electron chi connectivity index (χ1n) is 7.69. The smallest absolute Gasteiger partial charge is 0.337 e. The Balaban J connectivity index is 2.26. The third-order valence-electron chi connectivity index (χ3n) is 3.27. The molecule has 1 saturated heterocycles. The Morgan fingerprint density at radius 2 is 1.76 bits per heavy atom. The lowest BCUT2D eigenvalue weighted by atomic mass is 10.1. The quantitative estimate of drug-likeness (QED) is 0.487. The number of carbonyl (C=O) groups excluding carboxylic acids is 1. The molecule has 0 radical (unpaired) electrons. The van der Waals surface area contributed by atoms with Crippen molar-refractivity contribution in [1.29, 1.82) is 0 Å². The summed E-state index contributed by atoms with van der Waals surface area (Å²) < 4.78 is 10.6. The minimum atomic E-state index is -0.813. The molecule has 3 atom stereocenters. The Bertz CT molecular complexity index is 320. The van der Waals surface area contributed by atoms with E-state index < -0.39 is 24.1 Å². The van der Waals surface area contributed by atoms with Crippen molar-refractivity contribution in [3.05, 3.63) is 0 Å². The van der Waals surface area contributed by atoms with E-state index in [1.54, 1.807) is 27.7 Å². The van der Waals surface area contributed by atoms with Gasteiger partial charge in [-0.2, -0.15) is 0 Å². The van der Waals surface area contributed by atoms with Crippen LogP contribution in [0.4, 0.5) is 0 Å². The van der Waals surface area contributed by atoms with Gasteiger partial charge in [0.15, 0.2) is 6.10 Å². The third kappa shape index (κ3) is 7.22. The molecule has 0 bridgehead atoms. The van der Waals surface area contributed by atoms with Gasteiger partial charge in [-0.1, -0.05) is 0 Å². The van der Waals surface area contributed by atoms with Gasteiger partial charge in [-0.05, 0) is 39.7 Å². The van der Waals surface area contributed by atoms with Gasteiger partial charge in [0.05, 0.1) is 12.2 Å². The van der Waals surface area contributed by atoms with Crippen LogP contribution >= 0.6 is 0 Å². The van der Waals surface area contributed by atoms with Gasteiger partial charge < -0.3 is 19.7 Å². The second kappa shape index (κ2) is 8.08. The van der Waals surface area contributed by atoms with Crippen LogP contribution in [-0.4, -0.2) is 64.8 Å². The zero-order valence-corrected chi connectivity index (χ0v) is 13.5. The van der Waals surface area contributed by atoms with Gasteiger partial charge in [0, 0.05) is 26.9 Å². The molecule has 1 rings (SSSR count). The van der Waals surface area contributed by atoms with E-state index in [0.29, 0.717) is 19.5 Å². The predicted octanol–water partition coefficient (Wildman–Crippen LogP) is 0.898. The molecule has 1 heterocycles. The molecule has 1 unspecified atom stereocenters. The van der Waals surface area contributed by atoms with Crippen molar-refractivity contribution >= 4 is 5.97 Å². The number of esters is 1. The lowest BCUT2D eigenvalue weighted by molar-refractivity contribution is -0.160. The molecule has 0 aromatic heterocycles. The number of cyclic esters (lactones) is 1. The van der Waals surface area contributed by atoms with E-state index in [0.717, 1.165) is 19.4 Å². The summed E-state index contributed by atoms with van der Waals surface area (Å²) in [6.07, 6.45) is 1.05. The lowest BCUT2D eigenvalue weighted by Gasteiger charge is -2.25. The molecular weight excluding hydrogens is 274 g/mol. The normalized spacial score (nSPS) is 24.1. The minimum absolute atomic E-state index is 0.287. The fraction of sp³-hybridized carbons (Fsp3) is 0.933. The first kappa shape index (κ1) is 18.4. The Hall–Kier alpha value is -0.690. The van der Waals surface area contributed by atoms with Crippen molar-refractivity contribution in [1.82, 2.24) is 4.90 Å². The van der Waals surface area contributed by atoms with Crippen molar-refractivity contribution in [2.45, 2.75) is 71.1 Å². The largest absolute Gasteiger partial charge is 0.432 e. The number of aliphatic hydroxyl groups excluding tert-OH is 2. The molecule has 0 saturated carbocycles. The maximum atomic E-state index is 11.6. The number of aliphatic hydroxyl groups is 2. The number of rotatable bonds is 9. The minimum Gasteiger partial charge on any atom is -0.432 e. The molecular formula is C15H29NO5. The van der Waals surface area contributed by atoms with Crippen molar-refractivity contribution in [3.8, 4) is 0 Å².